The summed E-state index contributed by atoms with van der Waals surface area (Å²) in [5.74, 6) is 0. The van der Waals surface area contributed by atoms with Gasteiger partial charge in [-0.05, 0) is 74.8 Å². The van der Waals surface area contributed by atoms with Gasteiger partial charge in [0.25, 0.3) is 5.69 Å². The van der Waals surface area contributed by atoms with E-state index in [0.717, 1.165) is 42.5 Å². The fourth-order valence-electron chi connectivity index (χ4n) is 3.94. The highest BCUT2D eigenvalue weighted by molar-refractivity contribution is 14.1. The molecule has 1 aromatic carbocycles. The molecule has 0 radical (unpaired) electrons. The van der Waals surface area contributed by atoms with Crippen molar-refractivity contribution in [2.24, 2.45) is 0 Å². The summed E-state index contributed by atoms with van der Waals surface area (Å²) in [6.45, 7) is 8.92. The summed E-state index contributed by atoms with van der Waals surface area (Å²) in [5.41, 5.74) is 0.241. The number of rotatable bonds is 4. The van der Waals surface area contributed by atoms with Crippen LogP contribution in [0, 0.1) is 13.7 Å². The topological polar surface area (TPSA) is 88.0 Å². The number of benzene rings is 1. The number of amides is 1. The Kier molecular flexibility index (Phi) is 6.87. The Morgan fingerprint density at radius 3 is 2.55 bits per heavy atom. The van der Waals surface area contributed by atoms with Gasteiger partial charge in [-0.3, -0.25) is 15.0 Å². The van der Waals surface area contributed by atoms with E-state index in [4.69, 9.17) is 4.74 Å². The number of nitro groups is 1. The third-order valence-electron chi connectivity index (χ3n) is 5.38. The number of piperidine rings is 1. The SMILES string of the molecule is CC(C)(C)OC(=O)N1CC[C@H](N2CCC(Nc3cc(I)ccc3[N+](=O)[O-])CC2)C1. The van der Waals surface area contributed by atoms with Gasteiger partial charge in [0, 0.05) is 47.9 Å². The minimum atomic E-state index is -0.475. The predicted molar refractivity (Wildman–Crippen MR) is 120 cm³/mol. The van der Waals surface area contributed by atoms with Gasteiger partial charge < -0.3 is 15.0 Å². The van der Waals surface area contributed by atoms with E-state index in [1.165, 1.54) is 0 Å². The van der Waals surface area contributed by atoms with E-state index < -0.39 is 5.60 Å². The molecule has 0 aromatic heterocycles. The number of likely N-dealkylation sites (tertiary alicyclic amines) is 2. The van der Waals surface area contributed by atoms with Crippen LogP contribution in [0.2, 0.25) is 0 Å². The Bertz CT molecular complexity index is 759. The van der Waals surface area contributed by atoms with E-state index in [9.17, 15) is 14.9 Å². The van der Waals surface area contributed by atoms with Crippen LogP contribution in [-0.2, 0) is 4.74 Å². The Labute approximate surface area is 185 Å². The zero-order chi connectivity index (χ0) is 21.2. The molecule has 0 saturated carbocycles. The molecule has 0 unspecified atom stereocenters. The molecular formula is C20H29IN4O4. The molecule has 3 rings (SSSR count). The Morgan fingerprint density at radius 1 is 1.24 bits per heavy atom. The molecule has 29 heavy (non-hydrogen) atoms. The van der Waals surface area contributed by atoms with Crippen LogP contribution >= 0.6 is 22.6 Å². The van der Waals surface area contributed by atoms with Crippen molar-refractivity contribution in [2.45, 2.75) is 57.7 Å². The molecule has 2 fully saturated rings. The third kappa shape index (κ3) is 5.94. The van der Waals surface area contributed by atoms with Crippen molar-refractivity contribution in [1.82, 2.24) is 9.80 Å². The van der Waals surface area contributed by atoms with Gasteiger partial charge in [-0.25, -0.2) is 4.79 Å². The van der Waals surface area contributed by atoms with Gasteiger partial charge in [0.2, 0.25) is 0 Å². The molecule has 0 spiro atoms. The zero-order valence-corrected chi connectivity index (χ0v) is 19.3. The summed E-state index contributed by atoms with van der Waals surface area (Å²) in [7, 11) is 0. The first-order valence-electron chi connectivity index (χ1n) is 10.0. The largest absolute Gasteiger partial charge is 0.444 e. The smallest absolute Gasteiger partial charge is 0.410 e. The van der Waals surface area contributed by atoms with E-state index in [1.54, 1.807) is 17.0 Å². The standard InChI is InChI=1S/C20H29IN4O4/c1-20(2,3)29-19(26)24-11-8-16(13-24)23-9-6-15(7-10-23)22-17-12-14(21)4-5-18(17)25(27)28/h4-5,12,15-16,22H,6-11,13H2,1-3H3/t16-/m0/s1. The van der Waals surface area contributed by atoms with Crippen molar-refractivity contribution in [3.05, 3.63) is 31.9 Å². The molecule has 2 heterocycles. The van der Waals surface area contributed by atoms with Crippen LogP contribution in [0.25, 0.3) is 0 Å². The second-order valence-corrected chi connectivity index (χ2v) is 9.99. The maximum atomic E-state index is 12.3. The first-order valence-corrected chi connectivity index (χ1v) is 11.1. The van der Waals surface area contributed by atoms with Gasteiger partial charge in [0.05, 0.1) is 4.92 Å². The molecule has 0 bridgehead atoms. The van der Waals surface area contributed by atoms with Crippen LogP contribution in [-0.4, -0.2) is 64.7 Å². The van der Waals surface area contributed by atoms with Gasteiger partial charge >= 0.3 is 6.09 Å². The number of carbonyl (C=O) groups excluding carboxylic acids is 1. The van der Waals surface area contributed by atoms with Crippen LogP contribution < -0.4 is 5.32 Å². The minimum Gasteiger partial charge on any atom is -0.444 e. The number of nitrogens with one attached hydrogen (secondary N) is 1. The van der Waals surface area contributed by atoms with E-state index >= 15 is 0 Å². The third-order valence-corrected chi connectivity index (χ3v) is 6.05. The molecule has 1 amide bonds. The molecule has 9 heteroatoms. The molecule has 1 N–H and O–H groups in total. The maximum Gasteiger partial charge on any atom is 0.410 e. The summed E-state index contributed by atoms with van der Waals surface area (Å²) in [4.78, 5) is 27.5. The highest BCUT2D eigenvalue weighted by Crippen LogP contribution is 2.29. The van der Waals surface area contributed by atoms with E-state index in [-0.39, 0.29) is 22.7 Å². The summed E-state index contributed by atoms with van der Waals surface area (Å²) >= 11 is 2.17. The van der Waals surface area contributed by atoms with Crippen molar-refractivity contribution in [3.8, 4) is 0 Å². The lowest BCUT2D eigenvalue weighted by Gasteiger charge is -2.36. The number of hydrogen-bond acceptors (Lipinski definition) is 6. The van der Waals surface area contributed by atoms with Crippen molar-refractivity contribution < 1.29 is 14.5 Å². The molecular weight excluding hydrogens is 487 g/mol. The number of anilines is 1. The Hall–Kier alpha value is -1.62. The predicted octanol–water partition coefficient (Wildman–Crippen LogP) is 4.09. The summed E-state index contributed by atoms with van der Waals surface area (Å²) in [6.07, 6.45) is 2.57. The van der Waals surface area contributed by atoms with Crippen molar-refractivity contribution >= 4 is 40.1 Å². The lowest BCUT2D eigenvalue weighted by Crippen LogP contribution is -2.46. The first-order chi connectivity index (χ1) is 13.6. The van der Waals surface area contributed by atoms with E-state index in [2.05, 4.69) is 32.8 Å². The molecule has 1 aromatic rings. The number of nitrogens with zero attached hydrogens (tertiary/aromatic N) is 3. The summed E-state index contributed by atoms with van der Waals surface area (Å²) < 4.78 is 6.46. The lowest BCUT2D eigenvalue weighted by atomic mass is 10.0. The average molecular weight is 516 g/mol. The normalized spacial score (nSPS) is 21.2. The van der Waals surface area contributed by atoms with Crippen molar-refractivity contribution in [2.75, 3.05) is 31.5 Å². The Balaban J connectivity index is 1.51. The average Bonchev–Trinajstić information content (AvgIpc) is 3.11. The molecule has 2 saturated heterocycles. The molecule has 2 aliphatic rings. The van der Waals surface area contributed by atoms with E-state index in [0.29, 0.717) is 18.3 Å². The second kappa shape index (κ2) is 9.03. The van der Waals surface area contributed by atoms with Gasteiger partial charge in [-0.2, -0.15) is 0 Å². The maximum absolute atomic E-state index is 12.3. The van der Waals surface area contributed by atoms with Gasteiger partial charge in [-0.1, -0.05) is 0 Å². The van der Waals surface area contributed by atoms with E-state index in [1.807, 2.05) is 26.8 Å². The van der Waals surface area contributed by atoms with Crippen LogP contribution in [0.5, 0.6) is 0 Å². The van der Waals surface area contributed by atoms with Crippen LogP contribution in [0.1, 0.15) is 40.0 Å². The van der Waals surface area contributed by atoms with Gasteiger partial charge in [0.1, 0.15) is 11.3 Å². The highest BCUT2D eigenvalue weighted by atomic mass is 127. The fraction of sp³-hybridized carbons (Fsp3) is 0.650. The molecule has 1 atom stereocenters. The van der Waals surface area contributed by atoms with Crippen LogP contribution in [0.4, 0.5) is 16.2 Å². The quantitative estimate of drug-likeness (QED) is 0.369. The number of nitro benzene ring substituents is 1. The molecule has 160 valence electrons. The van der Waals surface area contributed by atoms with Crippen molar-refractivity contribution in [1.29, 1.82) is 0 Å². The summed E-state index contributed by atoms with van der Waals surface area (Å²) in [5, 5.41) is 14.7. The van der Waals surface area contributed by atoms with Crippen molar-refractivity contribution in [3.63, 3.8) is 0 Å². The monoisotopic (exact) mass is 516 g/mol. The first kappa shape index (κ1) is 22.1. The lowest BCUT2D eigenvalue weighted by molar-refractivity contribution is -0.384. The fourth-order valence-corrected chi connectivity index (χ4v) is 4.44. The number of halogens is 1. The summed E-state index contributed by atoms with van der Waals surface area (Å²) in [6, 6.07) is 5.72. The minimum absolute atomic E-state index is 0.122. The molecule has 8 nitrogen and oxygen atoms in total. The van der Waals surface area contributed by atoms with Gasteiger partial charge in [-0.15, -0.1) is 0 Å². The Morgan fingerprint density at radius 2 is 1.93 bits per heavy atom. The highest BCUT2D eigenvalue weighted by Gasteiger charge is 2.34. The number of hydrogen-bond donors (Lipinski definition) is 1. The molecule has 2 aliphatic heterocycles. The van der Waals surface area contributed by atoms with Crippen LogP contribution in [0.3, 0.4) is 0 Å². The second-order valence-electron chi connectivity index (χ2n) is 8.74. The number of carbonyl (C=O) groups is 1. The van der Waals surface area contributed by atoms with Crippen LogP contribution in [0.15, 0.2) is 18.2 Å². The number of ether oxygens (including phenoxy) is 1. The zero-order valence-electron chi connectivity index (χ0n) is 17.2. The molecule has 0 aliphatic carbocycles. The van der Waals surface area contributed by atoms with Gasteiger partial charge in [0.15, 0.2) is 0 Å².